The molecule has 1 N–H and O–H groups in total. The van der Waals surface area contributed by atoms with Crippen LogP contribution >= 0.6 is 0 Å². The maximum Gasteiger partial charge on any atom is 0.156 e. The first-order chi connectivity index (χ1) is 8.76. The highest BCUT2D eigenvalue weighted by molar-refractivity contribution is 7.92. The number of nitrogens with one attached hydrogen (secondary N) is 1. The molecule has 0 bridgehead atoms. The van der Waals surface area contributed by atoms with Gasteiger partial charge in [0, 0.05) is 6.54 Å². The molecule has 0 amide bonds. The van der Waals surface area contributed by atoms with Crippen LogP contribution in [0.4, 0.5) is 0 Å². The van der Waals surface area contributed by atoms with Gasteiger partial charge in [0.05, 0.1) is 10.5 Å². The minimum atomic E-state index is -2.98. The van der Waals surface area contributed by atoms with E-state index in [2.05, 4.69) is 10.2 Å². The summed E-state index contributed by atoms with van der Waals surface area (Å²) in [4.78, 5) is 2.30. The van der Waals surface area contributed by atoms with Gasteiger partial charge in [-0.1, -0.05) is 0 Å². The number of likely N-dealkylation sites (tertiary alicyclic amines) is 1. The summed E-state index contributed by atoms with van der Waals surface area (Å²) < 4.78 is 23.5. The lowest BCUT2D eigenvalue weighted by atomic mass is 9.94. The van der Waals surface area contributed by atoms with E-state index in [0.717, 1.165) is 25.6 Å². The summed E-state index contributed by atoms with van der Waals surface area (Å²) >= 11 is 0. The van der Waals surface area contributed by atoms with E-state index in [0.29, 0.717) is 6.54 Å². The highest BCUT2D eigenvalue weighted by Gasteiger charge is 2.29. The number of hydrogen-bond donors (Lipinski definition) is 1. The second-order valence-corrected chi connectivity index (χ2v) is 9.47. The average Bonchev–Trinajstić information content (AvgIpc) is 2.34. The smallest absolute Gasteiger partial charge is 0.156 e. The van der Waals surface area contributed by atoms with Crippen LogP contribution in [-0.4, -0.2) is 57.0 Å². The van der Waals surface area contributed by atoms with Gasteiger partial charge in [-0.2, -0.15) is 0 Å². The molecule has 0 radical (unpaired) electrons. The normalized spacial score (nSPS) is 19.8. The summed E-state index contributed by atoms with van der Waals surface area (Å²) in [5.74, 6) is 1.10. The molecular weight excluding hydrogens is 260 g/mol. The first kappa shape index (κ1) is 16.9. The molecule has 1 fully saturated rings. The topological polar surface area (TPSA) is 49.4 Å². The molecule has 1 saturated heterocycles. The molecule has 0 aromatic carbocycles. The number of nitrogens with zero attached hydrogens (tertiary/aromatic N) is 1. The van der Waals surface area contributed by atoms with Crippen LogP contribution < -0.4 is 5.32 Å². The monoisotopic (exact) mass is 290 g/mol. The first-order valence-electron chi connectivity index (χ1n) is 7.35. The number of hydrogen-bond acceptors (Lipinski definition) is 4. The predicted octanol–water partition coefficient (Wildman–Crippen LogP) is 1.52. The van der Waals surface area contributed by atoms with Crippen LogP contribution in [0.3, 0.4) is 0 Å². The molecule has 19 heavy (non-hydrogen) atoms. The van der Waals surface area contributed by atoms with Gasteiger partial charge in [-0.25, -0.2) is 8.42 Å². The van der Waals surface area contributed by atoms with Crippen LogP contribution in [-0.2, 0) is 9.84 Å². The summed E-state index contributed by atoms with van der Waals surface area (Å²) in [6.07, 6.45) is 3.65. The van der Waals surface area contributed by atoms with Gasteiger partial charge in [-0.3, -0.25) is 0 Å². The molecule has 114 valence electrons. The van der Waals surface area contributed by atoms with Gasteiger partial charge in [0.15, 0.2) is 9.84 Å². The zero-order valence-corrected chi connectivity index (χ0v) is 13.7. The van der Waals surface area contributed by atoms with E-state index in [1.807, 2.05) is 7.05 Å². The minimum Gasteiger partial charge on any atom is -0.320 e. The van der Waals surface area contributed by atoms with Crippen molar-refractivity contribution < 1.29 is 8.42 Å². The third-order valence-corrected chi connectivity index (χ3v) is 6.71. The van der Waals surface area contributed by atoms with Crippen molar-refractivity contribution >= 4 is 9.84 Å². The standard InChI is InChI=1S/C14H30N2O2S/c1-14(2,3)19(17,18)12-11-16-9-6-13(7-10-16)5-8-15-4/h13,15H,5-12H2,1-4H3. The van der Waals surface area contributed by atoms with Gasteiger partial charge < -0.3 is 10.2 Å². The van der Waals surface area contributed by atoms with Gasteiger partial charge in [0.1, 0.15) is 0 Å². The summed E-state index contributed by atoms with van der Waals surface area (Å²) in [5.41, 5.74) is 0. The third-order valence-electron chi connectivity index (χ3n) is 4.12. The van der Waals surface area contributed by atoms with Gasteiger partial charge in [-0.15, -0.1) is 0 Å². The molecule has 1 rings (SSSR count). The minimum absolute atomic E-state index is 0.289. The lowest BCUT2D eigenvalue weighted by Crippen LogP contribution is -2.40. The van der Waals surface area contributed by atoms with Crippen molar-refractivity contribution in [1.29, 1.82) is 0 Å². The fourth-order valence-electron chi connectivity index (χ4n) is 2.40. The Bertz CT molecular complexity index is 352. The molecule has 5 heteroatoms. The van der Waals surface area contributed by atoms with E-state index < -0.39 is 14.6 Å². The molecule has 0 atom stereocenters. The molecule has 0 aliphatic carbocycles. The van der Waals surface area contributed by atoms with Crippen LogP contribution in [0.25, 0.3) is 0 Å². The Morgan fingerprint density at radius 2 is 1.79 bits per heavy atom. The molecule has 0 aromatic rings. The van der Waals surface area contributed by atoms with Gasteiger partial charge in [0.2, 0.25) is 0 Å². The molecule has 0 unspecified atom stereocenters. The summed E-state index contributed by atoms with van der Waals surface area (Å²) in [5, 5.41) is 3.19. The van der Waals surface area contributed by atoms with E-state index in [1.165, 1.54) is 19.3 Å². The third kappa shape index (κ3) is 5.40. The summed E-state index contributed by atoms with van der Waals surface area (Å²) in [7, 11) is -0.984. The molecule has 1 aliphatic heterocycles. The number of piperidine rings is 1. The molecule has 1 heterocycles. The first-order valence-corrected chi connectivity index (χ1v) is 9.01. The highest BCUT2D eigenvalue weighted by atomic mass is 32.2. The molecule has 0 saturated carbocycles. The zero-order valence-electron chi connectivity index (χ0n) is 12.9. The van der Waals surface area contributed by atoms with Crippen molar-refractivity contribution in [3.05, 3.63) is 0 Å². The van der Waals surface area contributed by atoms with Crippen molar-refractivity contribution in [3.8, 4) is 0 Å². The van der Waals surface area contributed by atoms with E-state index in [9.17, 15) is 8.42 Å². The molecular formula is C14H30N2O2S. The predicted molar refractivity (Wildman–Crippen MR) is 81.2 cm³/mol. The lowest BCUT2D eigenvalue weighted by Gasteiger charge is -2.32. The Balaban J connectivity index is 2.31. The van der Waals surface area contributed by atoms with E-state index in [4.69, 9.17) is 0 Å². The molecule has 0 spiro atoms. The van der Waals surface area contributed by atoms with Gasteiger partial charge in [-0.05, 0) is 72.6 Å². The van der Waals surface area contributed by atoms with Crippen molar-refractivity contribution in [3.63, 3.8) is 0 Å². The van der Waals surface area contributed by atoms with Crippen LogP contribution in [0.2, 0.25) is 0 Å². The molecule has 1 aliphatic rings. The second-order valence-electron chi connectivity index (χ2n) is 6.61. The van der Waals surface area contributed by atoms with Crippen molar-refractivity contribution in [2.45, 2.75) is 44.8 Å². The van der Waals surface area contributed by atoms with Crippen LogP contribution in [0.15, 0.2) is 0 Å². The fraction of sp³-hybridized carbons (Fsp3) is 1.00. The summed E-state index contributed by atoms with van der Waals surface area (Å²) in [6, 6.07) is 0. The fourth-order valence-corrected chi connectivity index (χ4v) is 3.51. The van der Waals surface area contributed by atoms with E-state index in [-0.39, 0.29) is 5.75 Å². The van der Waals surface area contributed by atoms with Gasteiger partial charge in [0.25, 0.3) is 0 Å². The Hall–Kier alpha value is -0.130. The molecule has 4 nitrogen and oxygen atoms in total. The SMILES string of the molecule is CNCCC1CCN(CCS(=O)(=O)C(C)(C)C)CC1. The Kier molecular flexibility index (Phi) is 6.27. The van der Waals surface area contributed by atoms with Crippen molar-refractivity contribution in [2.75, 3.05) is 39.0 Å². The number of sulfone groups is 1. The number of rotatable bonds is 6. The largest absolute Gasteiger partial charge is 0.320 e. The van der Waals surface area contributed by atoms with Crippen LogP contribution in [0.1, 0.15) is 40.0 Å². The van der Waals surface area contributed by atoms with Crippen LogP contribution in [0, 0.1) is 5.92 Å². The maximum absolute atomic E-state index is 12.1. The zero-order chi connectivity index (χ0) is 14.5. The Morgan fingerprint density at radius 1 is 1.21 bits per heavy atom. The quantitative estimate of drug-likeness (QED) is 0.806. The Labute approximate surface area is 118 Å². The Morgan fingerprint density at radius 3 is 2.26 bits per heavy atom. The summed E-state index contributed by atoms with van der Waals surface area (Å²) in [6.45, 7) is 9.23. The lowest BCUT2D eigenvalue weighted by molar-refractivity contribution is 0.187. The maximum atomic E-state index is 12.1. The molecule has 0 aromatic heterocycles. The van der Waals surface area contributed by atoms with E-state index in [1.54, 1.807) is 20.8 Å². The van der Waals surface area contributed by atoms with Crippen molar-refractivity contribution in [1.82, 2.24) is 10.2 Å². The average molecular weight is 290 g/mol. The van der Waals surface area contributed by atoms with Gasteiger partial charge >= 0.3 is 0 Å². The van der Waals surface area contributed by atoms with Crippen LogP contribution in [0.5, 0.6) is 0 Å². The van der Waals surface area contributed by atoms with Crippen molar-refractivity contribution in [2.24, 2.45) is 5.92 Å². The highest BCUT2D eigenvalue weighted by Crippen LogP contribution is 2.21. The van der Waals surface area contributed by atoms with E-state index >= 15 is 0 Å². The second kappa shape index (κ2) is 7.04.